The van der Waals surface area contributed by atoms with Crippen molar-refractivity contribution in [1.29, 1.82) is 0 Å². The number of amides is 1. The van der Waals surface area contributed by atoms with Crippen LogP contribution in [0.15, 0.2) is 41.0 Å². The van der Waals surface area contributed by atoms with Gasteiger partial charge in [-0.3, -0.25) is 4.79 Å². The SMILES string of the molecule is COc1ccc2c(c1OC)CCN(CCC(C)(N)CCc1c[nH]c3ccc(Br)cc13)C2=O. The van der Waals surface area contributed by atoms with Crippen LogP contribution in [0.1, 0.15) is 41.3 Å². The zero-order chi connectivity index (χ0) is 22.9. The van der Waals surface area contributed by atoms with Crippen molar-refractivity contribution < 1.29 is 14.3 Å². The third-order valence-corrected chi connectivity index (χ3v) is 6.94. The summed E-state index contributed by atoms with van der Waals surface area (Å²) in [7, 11) is 3.22. The van der Waals surface area contributed by atoms with E-state index >= 15 is 0 Å². The summed E-state index contributed by atoms with van der Waals surface area (Å²) in [6.07, 6.45) is 5.29. The summed E-state index contributed by atoms with van der Waals surface area (Å²) in [4.78, 5) is 18.3. The molecule has 7 heteroatoms. The number of hydrogen-bond donors (Lipinski definition) is 2. The van der Waals surface area contributed by atoms with Crippen LogP contribution in [0.5, 0.6) is 11.5 Å². The van der Waals surface area contributed by atoms with Gasteiger partial charge in [0.1, 0.15) is 0 Å². The number of halogens is 1. The number of nitrogens with one attached hydrogen (secondary N) is 1. The molecule has 170 valence electrons. The molecule has 1 aliphatic heterocycles. The maximum atomic E-state index is 13.1. The topological polar surface area (TPSA) is 80.6 Å². The van der Waals surface area contributed by atoms with E-state index in [0.717, 1.165) is 41.2 Å². The Kier molecular flexibility index (Phi) is 6.49. The molecule has 0 aliphatic carbocycles. The summed E-state index contributed by atoms with van der Waals surface area (Å²) in [5.41, 5.74) is 10.3. The molecule has 2 aromatic carbocycles. The van der Waals surface area contributed by atoms with Crippen molar-refractivity contribution >= 4 is 32.7 Å². The second-order valence-electron chi connectivity index (χ2n) is 8.78. The van der Waals surface area contributed by atoms with Crippen LogP contribution in [0.3, 0.4) is 0 Å². The third kappa shape index (κ3) is 4.50. The smallest absolute Gasteiger partial charge is 0.254 e. The second kappa shape index (κ2) is 9.16. The van der Waals surface area contributed by atoms with E-state index in [1.54, 1.807) is 20.3 Å². The predicted molar refractivity (Wildman–Crippen MR) is 131 cm³/mol. The zero-order valence-electron chi connectivity index (χ0n) is 18.8. The van der Waals surface area contributed by atoms with Crippen molar-refractivity contribution in [2.45, 2.75) is 38.1 Å². The number of nitrogens with zero attached hydrogens (tertiary/aromatic N) is 1. The first kappa shape index (κ1) is 22.7. The van der Waals surface area contributed by atoms with Crippen molar-refractivity contribution in [3.05, 3.63) is 57.7 Å². The molecule has 0 spiro atoms. The maximum absolute atomic E-state index is 13.1. The summed E-state index contributed by atoms with van der Waals surface area (Å²) in [5, 5.41) is 1.22. The molecule has 0 saturated heterocycles. The van der Waals surface area contributed by atoms with E-state index in [0.29, 0.717) is 30.2 Å². The van der Waals surface area contributed by atoms with Gasteiger partial charge in [0, 0.05) is 51.3 Å². The molecule has 3 aromatic rings. The number of aromatic nitrogens is 1. The molecular formula is C25H30BrN3O3. The van der Waals surface area contributed by atoms with Crippen LogP contribution in [0.25, 0.3) is 10.9 Å². The van der Waals surface area contributed by atoms with E-state index in [1.807, 2.05) is 17.0 Å². The van der Waals surface area contributed by atoms with Gasteiger partial charge in [-0.25, -0.2) is 0 Å². The Morgan fingerprint density at radius 3 is 2.75 bits per heavy atom. The van der Waals surface area contributed by atoms with Gasteiger partial charge in [-0.1, -0.05) is 15.9 Å². The molecule has 2 heterocycles. The van der Waals surface area contributed by atoms with Crippen LogP contribution in [0.4, 0.5) is 0 Å². The number of benzene rings is 2. The molecule has 0 bridgehead atoms. The molecule has 1 unspecified atom stereocenters. The number of carbonyl (C=O) groups is 1. The fourth-order valence-corrected chi connectivity index (χ4v) is 4.83. The number of aryl methyl sites for hydroxylation is 1. The Bertz CT molecular complexity index is 1140. The number of methoxy groups -OCH3 is 2. The minimum absolute atomic E-state index is 0.0319. The first-order chi connectivity index (χ1) is 15.3. The fourth-order valence-electron chi connectivity index (χ4n) is 4.46. The minimum Gasteiger partial charge on any atom is -0.493 e. The van der Waals surface area contributed by atoms with Crippen LogP contribution >= 0.6 is 15.9 Å². The van der Waals surface area contributed by atoms with E-state index in [-0.39, 0.29) is 11.4 Å². The molecule has 0 radical (unpaired) electrons. The largest absolute Gasteiger partial charge is 0.493 e. The normalized spacial score (nSPS) is 15.5. The zero-order valence-corrected chi connectivity index (χ0v) is 20.4. The first-order valence-corrected chi connectivity index (χ1v) is 11.7. The van der Waals surface area contributed by atoms with Gasteiger partial charge in [0.15, 0.2) is 11.5 Å². The lowest BCUT2D eigenvalue weighted by atomic mass is 9.90. The van der Waals surface area contributed by atoms with Gasteiger partial charge in [0.05, 0.1) is 14.2 Å². The van der Waals surface area contributed by atoms with Crippen molar-refractivity contribution in [3.63, 3.8) is 0 Å². The standard InChI is InChI=1S/C25H30BrN3O3/c1-25(27,10-8-16-15-28-21-6-4-17(26)14-20(16)21)11-13-29-12-9-18-19(24(29)30)5-7-22(31-2)23(18)32-3/h4-7,14-15,28H,8-13,27H2,1-3H3. The highest BCUT2D eigenvalue weighted by molar-refractivity contribution is 9.10. The highest BCUT2D eigenvalue weighted by Gasteiger charge is 2.30. The number of carbonyl (C=O) groups excluding carboxylic acids is 1. The van der Waals surface area contributed by atoms with Crippen molar-refractivity contribution in [2.24, 2.45) is 5.73 Å². The van der Waals surface area contributed by atoms with Crippen LogP contribution in [0.2, 0.25) is 0 Å². The predicted octanol–water partition coefficient (Wildman–Crippen LogP) is 4.69. The second-order valence-corrected chi connectivity index (χ2v) is 9.69. The molecule has 32 heavy (non-hydrogen) atoms. The molecule has 4 rings (SSSR count). The summed E-state index contributed by atoms with van der Waals surface area (Å²) in [6, 6.07) is 9.89. The van der Waals surface area contributed by atoms with Gasteiger partial charge in [0.25, 0.3) is 5.91 Å². The molecule has 6 nitrogen and oxygen atoms in total. The lowest BCUT2D eigenvalue weighted by Crippen LogP contribution is -2.44. The van der Waals surface area contributed by atoms with Crippen molar-refractivity contribution in [1.82, 2.24) is 9.88 Å². The number of hydrogen-bond acceptors (Lipinski definition) is 4. The highest BCUT2D eigenvalue weighted by Crippen LogP contribution is 2.36. The van der Waals surface area contributed by atoms with Gasteiger partial charge < -0.3 is 25.1 Å². The Morgan fingerprint density at radius 2 is 2.00 bits per heavy atom. The lowest BCUT2D eigenvalue weighted by molar-refractivity contribution is 0.0725. The average molecular weight is 500 g/mol. The number of rotatable bonds is 8. The van der Waals surface area contributed by atoms with Gasteiger partial charge in [-0.05, 0) is 68.5 Å². The van der Waals surface area contributed by atoms with Crippen LogP contribution in [-0.2, 0) is 12.8 Å². The molecule has 1 aliphatic rings. The number of ether oxygens (including phenoxy) is 2. The van der Waals surface area contributed by atoms with Crippen LogP contribution in [0, 0.1) is 0 Å². The van der Waals surface area contributed by atoms with E-state index in [9.17, 15) is 4.79 Å². The molecule has 0 saturated carbocycles. The Labute approximate surface area is 197 Å². The van der Waals surface area contributed by atoms with Crippen molar-refractivity contribution in [2.75, 3.05) is 27.3 Å². The van der Waals surface area contributed by atoms with Gasteiger partial charge in [0.2, 0.25) is 0 Å². The Balaban J connectivity index is 1.39. The molecule has 1 aromatic heterocycles. The lowest BCUT2D eigenvalue weighted by Gasteiger charge is -2.33. The summed E-state index contributed by atoms with van der Waals surface area (Å²) in [5.74, 6) is 1.35. The summed E-state index contributed by atoms with van der Waals surface area (Å²) in [6.45, 7) is 3.37. The fraction of sp³-hybridized carbons (Fsp3) is 0.400. The van der Waals surface area contributed by atoms with Gasteiger partial charge in [-0.2, -0.15) is 0 Å². The monoisotopic (exact) mass is 499 g/mol. The van der Waals surface area contributed by atoms with Crippen LogP contribution < -0.4 is 15.2 Å². The Hall–Kier alpha value is -2.51. The third-order valence-electron chi connectivity index (χ3n) is 6.45. The first-order valence-electron chi connectivity index (χ1n) is 10.9. The maximum Gasteiger partial charge on any atom is 0.254 e. The molecule has 3 N–H and O–H groups in total. The quantitative estimate of drug-likeness (QED) is 0.471. The van der Waals surface area contributed by atoms with Crippen molar-refractivity contribution in [3.8, 4) is 11.5 Å². The van der Waals surface area contributed by atoms with Gasteiger partial charge in [-0.15, -0.1) is 0 Å². The Morgan fingerprint density at radius 1 is 1.19 bits per heavy atom. The summed E-state index contributed by atoms with van der Waals surface area (Å²) >= 11 is 3.55. The van der Waals surface area contributed by atoms with Crippen LogP contribution in [-0.4, -0.2) is 48.6 Å². The summed E-state index contributed by atoms with van der Waals surface area (Å²) < 4.78 is 12.0. The van der Waals surface area contributed by atoms with E-state index in [2.05, 4.69) is 46.2 Å². The number of fused-ring (bicyclic) bond motifs is 2. The molecular weight excluding hydrogens is 470 g/mol. The van der Waals surface area contributed by atoms with E-state index in [4.69, 9.17) is 15.2 Å². The van der Waals surface area contributed by atoms with E-state index < -0.39 is 0 Å². The van der Waals surface area contributed by atoms with E-state index in [1.165, 1.54) is 10.9 Å². The molecule has 1 atom stereocenters. The number of nitrogens with two attached hydrogens (primary N) is 1. The highest BCUT2D eigenvalue weighted by atomic mass is 79.9. The number of aromatic amines is 1. The molecule has 0 fully saturated rings. The average Bonchev–Trinajstić information content (AvgIpc) is 3.18. The molecule has 1 amide bonds. The minimum atomic E-state index is -0.367. The van der Waals surface area contributed by atoms with Gasteiger partial charge >= 0.3 is 0 Å². The number of H-pyrrole nitrogens is 1.